The van der Waals surface area contributed by atoms with Gasteiger partial charge in [0.2, 0.25) is 5.91 Å². The Morgan fingerprint density at radius 3 is 2.21 bits per heavy atom. The van der Waals surface area contributed by atoms with Crippen molar-refractivity contribution in [2.45, 2.75) is 19.4 Å². The first-order chi connectivity index (χ1) is 13.6. The largest absolute Gasteiger partial charge is 0.324 e. The molecule has 1 aliphatic rings. The molecular weight excluding hydrogens is 460 g/mol. The quantitative estimate of drug-likeness (QED) is 0.643. The van der Waals surface area contributed by atoms with Crippen LogP contribution in [-0.4, -0.2) is 49.1 Å². The van der Waals surface area contributed by atoms with Crippen LogP contribution in [-0.2, 0) is 14.6 Å². The molecule has 3 amide bonds. The van der Waals surface area contributed by atoms with Gasteiger partial charge >= 0.3 is 0 Å². The maximum atomic E-state index is 13.0. The van der Waals surface area contributed by atoms with E-state index in [1.165, 1.54) is 12.1 Å². The molecule has 0 unspecified atom stereocenters. The van der Waals surface area contributed by atoms with Crippen molar-refractivity contribution in [1.82, 2.24) is 4.90 Å². The molecule has 0 saturated heterocycles. The third-order valence-corrected chi connectivity index (χ3v) is 6.49. The lowest BCUT2D eigenvalue weighted by Crippen LogP contribution is -2.48. The van der Waals surface area contributed by atoms with Crippen molar-refractivity contribution in [3.05, 3.63) is 63.6 Å². The molecule has 2 aromatic rings. The lowest BCUT2D eigenvalue weighted by Gasteiger charge is -2.25. The van der Waals surface area contributed by atoms with Crippen molar-refractivity contribution in [1.29, 1.82) is 0 Å². The Balaban J connectivity index is 1.92. The van der Waals surface area contributed by atoms with Gasteiger partial charge in [-0.05, 0) is 49.2 Å². The van der Waals surface area contributed by atoms with E-state index < -0.39 is 33.6 Å². The number of hydrogen-bond acceptors (Lipinski definition) is 5. The summed E-state index contributed by atoms with van der Waals surface area (Å²) >= 11 is 3.38. The fourth-order valence-electron chi connectivity index (χ4n) is 3.14. The average molecular weight is 479 g/mol. The minimum Gasteiger partial charge on any atom is -0.324 e. The van der Waals surface area contributed by atoms with Gasteiger partial charge in [-0.15, -0.1) is 0 Å². The predicted octanol–water partition coefficient (Wildman–Crippen LogP) is 2.80. The lowest BCUT2D eigenvalue weighted by molar-refractivity contribution is -0.120. The van der Waals surface area contributed by atoms with Gasteiger partial charge in [0.05, 0.1) is 16.9 Å². The first kappa shape index (κ1) is 21.2. The van der Waals surface area contributed by atoms with E-state index in [0.717, 1.165) is 21.2 Å². The van der Waals surface area contributed by atoms with E-state index in [1.807, 2.05) is 6.92 Å². The molecule has 1 atom stereocenters. The van der Waals surface area contributed by atoms with Crippen molar-refractivity contribution >= 4 is 49.2 Å². The number of amides is 3. The van der Waals surface area contributed by atoms with Gasteiger partial charge in [-0.2, -0.15) is 0 Å². The van der Waals surface area contributed by atoms with Gasteiger partial charge in [0, 0.05) is 16.4 Å². The number of halogens is 1. The highest BCUT2D eigenvalue weighted by Crippen LogP contribution is 2.27. The van der Waals surface area contributed by atoms with Crippen LogP contribution >= 0.6 is 15.9 Å². The van der Waals surface area contributed by atoms with Crippen LogP contribution in [0, 0.1) is 6.92 Å². The van der Waals surface area contributed by atoms with Crippen LogP contribution in [0.15, 0.2) is 46.9 Å². The predicted molar refractivity (Wildman–Crippen MR) is 113 cm³/mol. The van der Waals surface area contributed by atoms with Gasteiger partial charge in [-0.1, -0.05) is 28.1 Å². The molecule has 0 bridgehead atoms. The zero-order chi connectivity index (χ0) is 21.3. The zero-order valence-electron chi connectivity index (χ0n) is 15.8. The molecule has 29 heavy (non-hydrogen) atoms. The van der Waals surface area contributed by atoms with Gasteiger partial charge < -0.3 is 5.32 Å². The summed E-state index contributed by atoms with van der Waals surface area (Å²) in [5.41, 5.74) is 1.77. The number of aryl methyl sites for hydroxylation is 1. The summed E-state index contributed by atoms with van der Waals surface area (Å²) < 4.78 is 24.2. The number of anilines is 1. The maximum Gasteiger partial charge on any atom is 0.262 e. The molecule has 0 fully saturated rings. The zero-order valence-corrected chi connectivity index (χ0v) is 18.2. The van der Waals surface area contributed by atoms with E-state index in [-0.39, 0.29) is 23.3 Å². The van der Waals surface area contributed by atoms with Gasteiger partial charge in [0.25, 0.3) is 11.8 Å². The molecule has 7 nitrogen and oxygen atoms in total. The summed E-state index contributed by atoms with van der Waals surface area (Å²) in [5.74, 6) is -2.17. The molecule has 1 aliphatic heterocycles. The fraction of sp³-hybridized carbons (Fsp3) is 0.250. The van der Waals surface area contributed by atoms with Crippen molar-refractivity contribution < 1.29 is 22.8 Å². The van der Waals surface area contributed by atoms with Crippen LogP contribution in [0.25, 0.3) is 0 Å². The van der Waals surface area contributed by atoms with Crippen LogP contribution in [0.3, 0.4) is 0 Å². The number of nitrogens with one attached hydrogen (secondary N) is 1. The molecule has 0 saturated carbocycles. The van der Waals surface area contributed by atoms with Crippen LogP contribution in [0.1, 0.15) is 32.7 Å². The van der Waals surface area contributed by atoms with Crippen LogP contribution in [0.2, 0.25) is 0 Å². The van der Waals surface area contributed by atoms with Gasteiger partial charge in [0.15, 0.2) is 0 Å². The van der Waals surface area contributed by atoms with E-state index in [0.29, 0.717) is 5.69 Å². The van der Waals surface area contributed by atoms with Gasteiger partial charge in [-0.25, -0.2) is 8.42 Å². The second kappa shape index (κ2) is 8.08. The summed E-state index contributed by atoms with van der Waals surface area (Å²) in [4.78, 5) is 39.4. The molecule has 152 valence electrons. The number of nitrogens with zero attached hydrogens (tertiary/aromatic N) is 1. The molecule has 0 aliphatic carbocycles. The minimum absolute atomic E-state index is 0.189. The Morgan fingerprint density at radius 1 is 1.10 bits per heavy atom. The summed E-state index contributed by atoms with van der Waals surface area (Å²) in [6.07, 6.45) is 0.855. The van der Waals surface area contributed by atoms with Crippen molar-refractivity contribution in [3.63, 3.8) is 0 Å². The summed E-state index contributed by atoms with van der Waals surface area (Å²) in [6, 6.07) is 10.2. The monoisotopic (exact) mass is 478 g/mol. The van der Waals surface area contributed by atoms with E-state index in [2.05, 4.69) is 21.2 Å². The fourth-order valence-corrected chi connectivity index (χ4v) is 4.04. The Bertz CT molecular complexity index is 1080. The number of benzene rings is 2. The molecule has 0 spiro atoms. The molecular formula is C20H19BrN2O5S. The average Bonchev–Trinajstić information content (AvgIpc) is 2.90. The van der Waals surface area contributed by atoms with E-state index >= 15 is 0 Å². The number of rotatable bonds is 6. The van der Waals surface area contributed by atoms with Crippen LogP contribution < -0.4 is 5.32 Å². The second-order valence-electron chi connectivity index (χ2n) is 6.91. The molecule has 0 aromatic heterocycles. The number of imide groups is 1. The first-order valence-electron chi connectivity index (χ1n) is 8.80. The highest BCUT2D eigenvalue weighted by Gasteiger charge is 2.42. The highest BCUT2D eigenvalue weighted by molar-refractivity contribution is 9.10. The third-order valence-electron chi connectivity index (χ3n) is 4.63. The number of fused-ring (bicyclic) bond motifs is 1. The number of sulfone groups is 1. The van der Waals surface area contributed by atoms with Crippen molar-refractivity contribution in [2.75, 3.05) is 17.3 Å². The van der Waals surface area contributed by atoms with E-state index in [9.17, 15) is 22.8 Å². The Kier molecular flexibility index (Phi) is 5.90. The SMILES string of the molecule is Cc1cc(NC(=O)[C@H](CCS(C)(=O)=O)N2C(=O)c3ccccc3C2=O)ccc1Br. The smallest absolute Gasteiger partial charge is 0.262 e. The van der Waals surface area contributed by atoms with Crippen molar-refractivity contribution in [3.8, 4) is 0 Å². The molecule has 2 aromatic carbocycles. The Labute approximate surface area is 177 Å². The highest BCUT2D eigenvalue weighted by atomic mass is 79.9. The molecule has 1 N–H and O–H groups in total. The van der Waals surface area contributed by atoms with E-state index in [1.54, 1.807) is 30.3 Å². The van der Waals surface area contributed by atoms with Crippen molar-refractivity contribution in [2.24, 2.45) is 0 Å². The summed E-state index contributed by atoms with van der Waals surface area (Å²) in [6.45, 7) is 1.85. The first-order valence-corrected chi connectivity index (χ1v) is 11.7. The molecule has 9 heteroatoms. The standard InChI is InChI=1S/C20H19BrN2O5S/c1-12-11-13(7-8-16(12)21)22-18(24)17(9-10-29(2,27)28)23-19(25)14-5-3-4-6-15(14)20(23)26/h3-8,11,17H,9-10H2,1-2H3,(H,22,24)/t17-/m0/s1. The van der Waals surface area contributed by atoms with Gasteiger partial charge in [0.1, 0.15) is 15.9 Å². The topological polar surface area (TPSA) is 101 Å². The van der Waals surface area contributed by atoms with Crippen LogP contribution in [0.4, 0.5) is 5.69 Å². The summed E-state index contributed by atoms with van der Waals surface area (Å²) in [7, 11) is -3.41. The Morgan fingerprint density at radius 2 is 1.69 bits per heavy atom. The molecule has 3 rings (SSSR count). The Hall–Kier alpha value is -2.52. The molecule has 0 radical (unpaired) electrons. The number of carbonyl (C=O) groups is 3. The summed E-state index contributed by atoms with van der Waals surface area (Å²) in [5, 5.41) is 2.69. The maximum absolute atomic E-state index is 13.0. The minimum atomic E-state index is -3.41. The van der Waals surface area contributed by atoms with Crippen LogP contribution in [0.5, 0.6) is 0 Å². The molecule has 1 heterocycles. The van der Waals surface area contributed by atoms with E-state index in [4.69, 9.17) is 0 Å². The third kappa shape index (κ3) is 4.56. The normalized spacial score (nSPS) is 14.7. The number of hydrogen-bond donors (Lipinski definition) is 1. The second-order valence-corrected chi connectivity index (χ2v) is 10.0. The lowest BCUT2D eigenvalue weighted by atomic mass is 10.1. The number of carbonyl (C=O) groups excluding carboxylic acids is 3. The van der Waals surface area contributed by atoms with Gasteiger partial charge in [-0.3, -0.25) is 19.3 Å².